The molecule has 1 aromatic rings. The number of urea groups is 1. The zero-order chi connectivity index (χ0) is 28.0. The molecule has 2 aliphatic rings. The van der Waals surface area contributed by atoms with E-state index in [1.807, 2.05) is 56.0 Å². The molecule has 11 nitrogen and oxygen atoms in total. The second-order valence-corrected chi connectivity index (χ2v) is 10.2. The van der Waals surface area contributed by atoms with Crippen LogP contribution in [0.15, 0.2) is 42.7 Å². The summed E-state index contributed by atoms with van der Waals surface area (Å²) in [4.78, 5) is 56.0. The summed E-state index contributed by atoms with van der Waals surface area (Å²) in [5.74, 6) is -1.91. The number of aliphatic carboxylic acids is 1. The highest BCUT2D eigenvalue weighted by Crippen LogP contribution is 2.32. The second kappa shape index (κ2) is 12.7. The minimum atomic E-state index is -1.21. The average Bonchev–Trinajstić information content (AvgIpc) is 2.88. The van der Waals surface area contributed by atoms with Crippen LogP contribution >= 0.6 is 0 Å². The van der Waals surface area contributed by atoms with E-state index in [0.717, 1.165) is 10.5 Å². The SMILES string of the molecule is C=C(N)N(CCC[C@H]1C(=O)N(C(=O)N2CCN(C(=O)OC(C)C(C)C)CC2)C1C(=O)O)Cc1ccccc1. The first-order chi connectivity index (χ1) is 18.0. The minimum absolute atomic E-state index is 0.182. The number of ether oxygens (including phenoxy) is 1. The maximum atomic E-state index is 13.1. The van der Waals surface area contributed by atoms with Crippen LogP contribution in [0.4, 0.5) is 9.59 Å². The van der Waals surface area contributed by atoms with Crippen LogP contribution in [0.25, 0.3) is 0 Å². The van der Waals surface area contributed by atoms with Gasteiger partial charge in [0.25, 0.3) is 0 Å². The molecule has 0 radical (unpaired) electrons. The van der Waals surface area contributed by atoms with Crippen molar-refractivity contribution in [3.63, 3.8) is 0 Å². The summed E-state index contributed by atoms with van der Waals surface area (Å²) in [7, 11) is 0. The third-order valence-corrected chi connectivity index (χ3v) is 7.27. The molecule has 2 aliphatic heterocycles. The first-order valence-electron chi connectivity index (χ1n) is 13.0. The molecule has 208 valence electrons. The molecule has 4 amide bonds. The first kappa shape index (κ1) is 28.8. The largest absolute Gasteiger partial charge is 0.480 e. The minimum Gasteiger partial charge on any atom is -0.480 e. The molecule has 0 bridgehead atoms. The molecule has 3 rings (SSSR count). The van der Waals surface area contributed by atoms with Gasteiger partial charge in [-0.3, -0.25) is 4.79 Å². The molecule has 38 heavy (non-hydrogen) atoms. The van der Waals surface area contributed by atoms with Gasteiger partial charge in [0.1, 0.15) is 6.10 Å². The quantitative estimate of drug-likeness (QED) is 0.441. The van der Waals surface area contributed by atoms with Gasteiger partial charge in [0.05, 0.1) is 11.7 Å². The van der Waals surface area contributed by atoms with Gasteiger partial charge in [-0.15, -0.1) is 0 Å². The van der Waals surface area contributed by atoms with Crippen molar-refractivity contribution in [1.29, 1.82) is 0 Å². The number of carboxylic acid groups (broad SMARTS) is 1. The molecule has 0 aromatic heterocycles. The first-order valence-corrected chi connectivity index (χ1v) is 13.0. The Hall–Kier alpha value is -3.76. The smallest absolute Gasteiger partial charge is 0.410 e. The van der Waals surface area contributed by atoms with Crippen LogP contribution in [0, 0.1) is 11.8 Å². The number of imide groups is 1. The molecular formula is C27H39N5O6. The lowest BCUT2D eigenvalue weighted by atomic mass is 9.83. The summed E-state index contributed by atoms with van der Waals surface area (Å²) in [6, 6.07) is 7.89. The van der Waals surface area contributed by atoms with E-state index in [1.54, 1.807) is 0 Å². The van der Waals surface area contributed by atoms with Gasteiger partial charge in [-0.1, -0.05) is 50.8 Å². The summed E-state index contributed by atoms with van der Waals surface area (Å²) in [6.45, 7) is 11.5. The van der Waals surface area contributed by atoms with E-state index in [1.165, 1.54) is 9.80 Å². The van der Waals surface area contributed by atoms with Crippen LogP contribution in [0.3, 0.4) is 0 Å². The van der Waals surface area contributed by atoms with Gasteiger partial charge < -0.3 is 30.3 Å². The number of hydrogen-bond donors (Lipinski definition) is 2. The number of carbonyl (C=O) groups is 4. The molecule has 3 N–H and O–H groups in total. The van der Waals surface area contributed by atoms with Crippen LogP contribution in [0.2, 0.25) is 0 Å². The maximum absolute atomic E-state index is 13.1. The summed E-state index contributed by atoms with van der Waals surface area (Å²) in [5.41, 5.74) is 7.00. The Kier molecular flexibility index (Phi) is 9.60. The van der Waals surface area contributed by atoms with E-state index in [-0.39, 0.29) is 38.2 Å². The molecule has 0 aliphatic carbocycles. The fraction of sp³-hybridized carbons (Fsp3) is 0.556. The number of carbonyl (C=O) groups excluding carboxylic acids is 3. The van der Waals surface area contributed by atoms with E-state index < -0.39 is 36.0 Å². The number of piperazine rings is 1. The van der Waals surface area contributed by atoms with Gasteiger partial charge in [0, 0.05) is 39.3 Å². The van der Waals surface area contributed by atoms with E-state index in [2.05, 4.69) is 6.58 Å². The number of likely N-dealkylation sites (tertiary alicyclic amines) is 1. The second-order valence-electron chi connectivity index (χ2n) is 10.2. The van der Waals surface area contributed by atoms with Gasteiger partial charge in [-0.2, -0.15) is 0 Å². The van der Waals surface area contributed by atoms with Crippen LogP contribution < -0.4 is 5.73 Å². The van der Waals surface area contributed by atoms with Gasteiger partial charge in [-0.25, -0.2) is 19.3 Å². The number of rotatable bonds is 10. The van der Waals surface area contributed by atoms with Gasteiger partial charge in [0.2, 0.25) is 5.91 Å². The summed E-state index contributed by atoms with van der Waals surface area (Å²) in [5, 5.41) is 9.80. The Morgan fingerprint density at radius 2 is 1.71 bits per heavy atom. The van der Waals surface area contributed by atoms with Crippen LogP contribution in [-0.4, -0.2) is 93.6 Å². The number of β-lactam (4-membered cyclic amide) rings is 1. The number of hydrogen-bond acceptors (Lipinski definition) is 7. The van der Waals surface area contributed by atoms with Crippen molar-refractivity contribution >= 4 is 24.0 Å². The Bertz CT molecular complexity index is 1020. The topological polar surface area (TPSA) is 137 Å². The van der Waals surface area contributed by atoms with Crippen molar-refractivity contribution < 1.29 is 29.0 Å². The molecule has 0 saturated carbocycles. The molecule has 2 fully saturated rings. The Labute approximate surface area is 223 Å². The predicted octanol–water partition coefficient (Wildman–Crippen LogP) is 2.53. The van der Waals surface area contributed by atoms with Gasteiger partial charge >= 0.3 is 18.1 Å². The van der Waals surface area contributed by atoms with Crippen molar-refractivity contribution in [2.45, 2.75) is 52.3 Å². The lowest BCUT2D eigenvalue weighted by molar-refractivity contribution is -0.167. The van der Waals surface area contributed by atoms with Crippen molar-refractivity contribution in [3.8, 4) is 0 Å². The van der Waals surface area contributed by atoms with Crippen LogP contribution in [-0.2, 0) is 20.9 Å². The summed E-state index contributed by atoms with van der Waals surface area (Å²) in [6.07, 6.45) is 0.151. The standard InChI is InChI=1S/C27H39N5O6/c1-18(2)19(3)38-27(37)30-15-13-29(14-16-30)26(36)32-23(25(34)35)22(24(32)33)11-8-12-31(20(4)28)17-21-9-6-5-7-10-21/h5-7,9-10,18-19,22-23H,4,8,11-17,28H2,1-3H3,(H,34,35)/t19?,22-,23?/m1/s1. The predicted molar refractivity (Wildman–Crippen MR) is 140 cm³/mol. The van der Waals surface area contributed by atoms with E-state index in [0.29, 0.717) is 31.8 Å². The number of benzene rings is 1. The van der Waals surface area contributed by atoms with Gasteiger partial charge in [-0.05, 0) is 31.2 Å². The van der Waals surface area contributed by atoms with E-state index >= 15 is 0 Å². The molecule has 2 heterocycles. The Balaban J connectivity index is 1.52. The summed E-state index contributed by atoms with van der Waals surface area (Å²) >= 11 is 0. The van der Waals surface area contributed by atoms with E-state index in [4.69, 9.17) is 10.5 Å². The van der Waals surface area contributed by atoms with Gasteiger partial charge in [0.15, 0.2) is 6.04 Å². The molecule has 2 unspecified atom stereocenters. The third-order valence-electron chi connectivity index (χ3n) is 7.27. The Morgan fingerprint density at radius 3 is 2.26 bits per heavy atom. The third kappa shape index (κ3) is 6.76. The molecular weight excluding hydrogens is 490 g/mol. The zero-order valence-corrected chi connectivity index (χ0v) is 22.4. The number of nitrogens with two attached hydrogens (primary N) is 1. The van der Waals surface area contributed by atoms with Crippen molar-refractivity contribution in [2.24, 2.45) is 17.6 Å². The lowest BCUT2D eigenvalue weighted by Gasteiger charge is -2.46. The number of nitrogens with zero attached hydrogens (tertiary/aromatic N) is 4. The van der Waals surface area contributed by atoms with Crippen LogP contribution in [0.5, 0.6) is 0 Å². The molecule has 1 aromatic carbocycles. The lowest BCUT2D eigenvalue weighted by Crippen LogP contribution is -2.69. The van der Waals surface area contributed by atoms with E-state index in [9.17, 15) is 24.3 Å². The highest BCUT2D eigenvalue weighted by molar-refractivity contribution is 6.07. The normalized spacial score (nSPS) is 20.1. The fourth-order valence-corrected chi connectivity index (χ4v) is 4.56. The van der Waals surface area contributed by atoms with Crippen molar-refractivity contribution in [1.82, 2.24) is 19.6 Å². The zero-order valence-electron chi connectivity index (χ0n) is 22.4. The number of carboxylic acids is 1. The molecule has 2 saturated heterocycles. The fourth-order valence-electron chi connectivity index (χ4n) is 4.56. The number of amides is 4. The van der Waals surface area contributed by atoms with Crippen molar-refractivity contribution in [3.05, 3.63) is 48.3 Å². The highest BCUT2D eigenvalue weighted by atomic mass is 16.6. The highest BCUT2D eigenvalue weighted by Gasteiger charge is 2.55. The maximum Gasteiger partial charge on any atom is 0.410 e. The molecule has 3 atom stereocenters. The summed E-state index contributed by atoms with van der Waals surface area (Å²) < 4.78 is 5.43. The average molecular weight is 530 g/mol. The van der Waals surface area contributed by atoms with Crippen molar-refractivity contribution in [2.75, 3.05) is 32.7 Å². The molecule has 0 spiro atoms. The molecule has 11 heteroatoms. The monoisotopic (exact) mass is 529 g/mol. The Morgan fingerprint density at radius 1 is 1.11 bits per heavy atom. The van der Waals surface area contributed by atoms with Crippen LogP contribution in [0.1, 0.15) is 39.2 Å².